The predicted octanol–water partition coefficient (Wildman–Crippen LogP) is 4.59. The van der Waals surface area contributed by atoms with Crippen LogP contribution in [0.4, 0.5) is 23.8 Å². The molecule has 0 radical (unpaired) electrons. The van der Waals surface area contributed by atoms with Crippen molar-refractivity contribution >= 4 is 17.8 Å². The van der Waals surface area contributed by atoms with Crippen LogP contribution in [0.5, 0.6) is 0 Å². The fraction of sp³-hybridized carbons (Fsp3) is 0.519. The third kappa shape index (κ3) is 4.62. The van der Waals surface area contributed by atoms with Gasteiger partial charge in [-0.25, -0.2) is 9.78 Å². The Kier molecular flexibility index (Phi) is 6.11. The van der Waals surface area contributed by atoms with Gasteiger partial charge < -0.3 is 20.3 Å². The summed E-state index contributed by atoms with van der Waals surface area (Å²) in [5.41, 5.74) is 1.86. The highest BCUT2D eigenvalue weighted by molar-refractivity contribution is 5.80. The highest BCUT2D eigenvalue weighted by Crippen LogP contribution is 2.49. The lowest BCUT2D eigenvalue weighted by atomic mass is 9.61. The largest absolute Gasteiger partial charge is 0.449 e. The lowest BCUT2D eigenvalue weighted by Gasteiger charge is -2.49. The highest BCUT2D eigenvalue weighted by atomic mass is 19.4. The maximum atomic E-state index is 14.2. The van der Waals surface area contributed by atoms with E-state index in [1.807, 2.05) is 12.1 Å². The molecular weight excluding hydrogens is 485 g/mol. The first kappa shape index (κ1) is 25.4. The van der Waals surface area contributed by atoms with E-state index in [0.717, 1.165) is 11.3 Å². The van der Waals surface area contributed by atoms with Crippen molar-refractivity contribution in [1.82, 2.24) is 15.2 Å². The average molecular weight is 517 g/mol. The third-order valence-corrected chi connectivity index (χ3v) is 8.30. The lowest BCUT2D eigenvalue weighted by molar-refractivity contribution is -0.194. The summed E-state index contributed by atoms with van der Waals surface area (Å²) < 4.78 is 47.5. The quantitative estimate of drug-likeness (QED) is 0.607. The van der Waals surface area contributed by atoms with Crippen molar-refractivity contribution in [3.05, 3.63) is 59.3 Å². The van der Waals surface area contributed by atoms with Gasteiger partial charge in [0.2, 0.25) is 5.91 Å². The average Bonchev–Trinajstić information content (AvgIpc) is 3.08. The van der Waals surface area contributed by atoms with Crippen molar-refractivity contribution in [3.8, 4) is 0 Å². The monoisotopic (exact) mass is 516 g/mol. The first-order chi connectivity index (χ1) is 17.4. The van der Waals surface area contributed by atoms with E-state index in [1.165, 1.54) is 30.4 Å². The van der Waals surface area contributed by atoms with Crippen molar-refractivity contribution in [2.45, 2.75) is 56.8 Å². The van der Waals surface area contributed by atoms with E-state index >= 15 is 0 Å². The zero-order valence-electron chi connectivity index (χ0n) is 21.1. The fourth-order valence-corrected chi connectivity index (χ4v) is 6.10. The second kappa shape index (κ2) is 8.92. The normalized spacial score (nSPS) is 26.9. The molecule has 1 saturated carbocycles. The Labute approximate surface area is 213 Å². The summed E-state index contributed by atoms with van der Waals surface area (Å²) in [5, 5.41) is 5.99. The Bertz CT molecular complexity index is 1180. The Balaban J connectivity index is 1.27. The van der Waals surface area contributed by atoms with Gasteiger partial charge in [0, 0.05) is 48.1 Å². The van der Waals surface area contributed by atoms with Crippen molar-refractivity contribution in [2.75, 3.05) is 25.5 Å². The number of alkyl halides is 3. The number of cyclic esters (lactones) is 1. The summed E-state index contributed by atoms with van der Waals surface area (Å²) in [6.07, 6.45) is -2.43. The minimum atomic E-state index is -4.67. The van der Waals surface area contributed by atoms with Crippen LogP contribution in [0.2, 0.25) is 0 Å². The number of hydrogen-bond acceptors (Lipinski definition) is 5. The zero-order valence-corrected chi connectivity index (χ0v) is 21.1. The topological polar surface area (TPSA) is 83.6 Å². The summed E-state index contributed by atoms with van der Waals surface area (Å²) in [4.78, 5) is 29.3. The van der Waals surface area contributed by atoms with Gasteiger partial charge in [-0.3, -0.25) is 4.79 Å². The highest BCUT2D eigenvalue weighted by Gasteiger charge is 2.53. The lowest BCUT2D eigenvalue weighted by Crippen LogP contribution is -2.57. The number of nitrogens with one attached hydrogen (secondary N) is 2. The molecule has 37 heavy (non-hydrogen) atoms. The van der Waals surface area contributed by atoms with Gasteiger partial charge in [-0.2, -0.15) is 13.2 Å². The van der Waals surface area contributed by atoms with Crippen molar-refractivity contribution in [1.29, 1.82) is 0 Å². The molecule has 7 nitrogen and oxygen atoms in total. The molecule has 5 rings (SSSR count). The number of alkyl carbamates (subject to hydrolysis) is 1. The molecular formula is C27H31F3N4O3. The molecule has 2 N–H and O–H groups in total. The number of hydrogen-bond donors (Lipinski definition) is 2. The van der Waals surface area contributed by atoms with Gasteiger partial charge in [-0.05, 0) is 36.5 Å². The first-order valence-corrected chi connectivity index (χ1v) is 12.4. The molecule has 2 atom stereocenters. The fourth-order valence-electron chi connectivity index (χ4n) is 6.10. The summed E-state index contributed by atoms with van der Waals surface area (Å²) in [5.74, 6) is -0.629. The van der Waals surface area contributed by atoms with Gasteiger partial charge in [-0.15, -0.1) is 0 Å². The summed E-state index contributed by atoms with van der Waals surface area (Å²) >= 11 is 0. The smallest absolute Gasteiger partial charge is 0.413 e. The van der Waals surface area contributed by atoms with Crippen molar-refractivity contribution in [2.24, 2.45) is 11.3 Å². The minimum absolute atomic E-state index is 0.0467. The molecule has 198 valence electrons. The Hall–Kier alpha value is -3.30. The van der Waals surface area contributed by atoms with Gasteiger partial charge in [-0.1, -0.05) is 44.2 Å². The van der Waals surface area contributed by atoms with Gasteiger partial charge in [0.25, 0.3) is 0 Å². The Morgan fingerprint density at radius 3 is 2.54 bits per heavy atom. The zero-order chi connectivity index (χ0) is 26.6. The standard InChI is InChI=1S/C27H31F3N4O3/c1-25(2)19-7-5-4-6-16(19)10-20(25)33-21-9-8-17(13-31-21)22(27(28,29)30)34(3)23(35)18-11-26(12-18)14-32-24(36)37-15-26/h4-9,13,18,20,22H,10-12,14-15H2,1-3H3,(H,31,33)(H,32,36). The number of halogens is 3. The number of rotatable bonds is 5. The Morgan fingerprint density at radius 2 is 1.95 bits per heavy atom. The number of fused-ring (bicyclic) bond motifs is 1. The summed E-state index contributed by atoms with van der Waals surface area (Å²) in [6, 6.07) is 9.09. The molecule has 3 aliphatic rings. The molecule has 1 spiro atoms. The number of aromatic nitrogens is 1. The number of carbonyl (C=O) groups is 2. The van der Waals surface area contributed by atoms with Crippen LogP contribution in [0.25, 0.3) is 0 Å². The van der Waals surface area contributed by atoms with Crippen LogP contribution in [0.1, 0.15) is 49.4 Å². The van der Waals surface area contributed by atoms with E-state index in [9.17, 15) is 22.8 Å². The van der Waals surface area contributed by atoms with Crippen LogP contribution in [-0.4, -0.2) is 54.3 Å². The van der Waals surface area contributed by atoms with Crippen molar-refractivity contribution in [3.63, 3.8) is 0 Å². The minimum Gasteiger partial charge on any atom is -0.449 e. The van der Waals surface area contributed by atoms with Gasteiger partial charge in [0.05, 0.1) is 0 Å². The molecule has 2 heterocycles. The SMILES string of the molecule is CN(C(=O)C1CC2(CNC(=O)OC2)C1)C(c1ccc(NC2Cc3ccccc3C2(C)C)nc1)C(F)(F)F. The van der Waals surface area contributed by atoms with Gasteiger partial charge in [0.15, 0.2) is 6.04 Å². The van der Waals surface area contributed by atoms with E-state index in [4.69, 9.17) is 4.74 Å². The molecule has 1 aliphatic heterocycles. The van der Waals surface area contributed by atoms with E-state index in [1.54, 1.807) is 6.07 Å². The van der Waals surface area contributed by atoms with Gasteiger partial charge in [0.1, 0.15) is 12.4 Å². The molecule has 2 fully saturated rings. The number of ether oxygens (including phenoxy) is 1. The third-order valence-electron chi connectivity index (χ3n) is 8.30. The molecule has 1 aromatic heterocycles. The van der Waals surface area contributed by atoms with Crippen LogP contribution >= 0.6 is 0 Å². The van der Waals surface area contributed by atoms with Crippen LogP contribution in [-0.2, 0) is 21.4 Å². The number of amides is 2. The van der Waals surface area contributed by atoms with Crippen LogP contribution in [0, 0.1) is 11.3 Å². The molecule has 2 aromatic rings. The second-order valence-electron chi connectivity index (χ2n) is 11.2. The summed E-state index contributed by atoms with van der Waals surface area (Å²) in [6.45, 7) is 4.83. The molecule has 1 aromatic carbocycles. The Morgan fingerprint density at radius 1 is 1.22 bits per heavy atom. The van der Waals surface area contributed by atoms with Gasteiger partial charge >= 0.3 is 12.3 Å². The second-order valence-corrected chi connectivity index (χ2v) is 11.2. The molecule has 10 heteroatoms. The molecule has 2 amide bonds. The van der Waals surface area contributed by atoms with E-state index in [0.29, 0.717) is 25.2 Å². The predicted molar refractivity (Wildman–Crippen MR) is 131 cm³/mol. The molecule has 2 unspecified atom stereocenters. The van der Waals surface area contributed by atoms with Crippen molar-refractivity contribution < 1.29 is 27.5 Å². The molecule has 0 bridgehead atoms. The van der Waals surface area contributed by atoms with Crippen LogP contribution in [0.15, 0.2) is 42.6 Å². The van der Waals surface area contributed by atoms with Crippen LogP contribution in [0.3, 0.4) is 0 Å². The van der Waals surface area contributed by atoms with E-state index in [-0.39, 0.29) is 29.0 Å². The maximum absolute atomic E-state index is 14.2. The number of anilines is 1. The number of benzene rings is 1. The molecule has 1 saturated heterocycles. The van der Waals surface area contributed by atoms with E-state index < -0.39 is 30.1 Å². The number of pyridine rings is 1. The summed E-state index contributed by atoms with van der Waals surface area (Å²) in [7, 11) is 1.19. The maximum Gasteiger partial charge on any atom is 0.413 e. The number of carbonyl (C=O) groups excluding carboxylic acids is 2. The van der Waals surface area contributed by atoms with Crippen LogP contribution < -0.4 is 10.6 Å². The van der Waals surface area contributed by atoms with E-state index in [2.05, 4.69) is 41.6 Å². The first-order valence-electron chi connectivity index (χ1n) is 12.4. The number of nitrogens with zero attached hydrogens (tertiary/aromatic N) is 2. The molecule has 2 aliphatic carbocycles.